The van der Waals surface area contributed by atoms with Crippen LogP contribution in [0.15, 0.2) is 24.3 Å². The van der Waals surface area contributed by atoms with Gasteiger partial charge < -0.3 is 14.5 Å². The Morgan fingerprint density at radius 2 is 1.75 bits per heavy atom. The van der Waals surface area contributed by atoms with E-state index in [1.807, 2.05) is 4.90 Å². The monoisotopic (exact) mass is 440 g/mol. The average Bonchev–Trinajstić information content (AvgIpc) is 3.27. The van der Waals surface area contributed by atoms with Gasteiger partial charge in [0.15, 0.2) is 6.61 Å². The van der Waals surface area contributed by atoms with Crippen LogP contribution in [0.4, 0.5) is 11.9 Å². The largest absolute Gasteiger partial charge is 0.484 e. The number of nitrogens with one attached hydrogen (secondary N) is 2. The van der Waals surface area contributed by atoms with E-state index < -0.39 is 0 Å². The molecule has 0 saturated carbocycles. The van der Waals surface area contributed by atoms with Gasteiger partial charge in [-0.1, -0.05) is 0 Å². The van der Waals surface area contributed by atoms with Gasteiger partial charge >= 0.3 is 0 Å². The smallest absolute Gasteiger partial charge is 0.260 e. The summed E-state index contributed by atoms with van der Waals surface area (Å²) < 4.78 is 5.68. The van der Waals surface area contributed by atoms with Crippen molar-refractivity contribution in [3.63, 3.8) is 0 Å². The van der Waals surface area contributed by atoms with Crippen LogP contribution in [0.25, 0.3) is 0 Å². The van der Waals surface area contributed by atoms with E-state index in [1.165, 1.54) is 6.42 Å². The van der Waals surface area contributed by atoms with Gasteiger partial charge in [-0.2, -0.15) is 4.98 Å². The number of rotatable bonds is 6. The number of anilines is 2. The van der Waals surface area contributed by atoms with Crippen LogP contribution in [0.1, 0.15) is 62.7 Å². The molecule has 9 heteroatoms. The van der Waals surface area contributed by atoms with E-state index in [1.54, 1.807) is 24.3 Å². The van der Waals surface area contributed by atoms with Crippen LogP contribution in [0.3, 0.4) is 0 Å². The molecule has 0 aliphatic carbocycles. The van der Waals surface area contributed by atoms with Crippen LogP contribution in [0, 0.1) is 0 Å². The summed E-state index contributed by atoms with van der Waals surface area (Å²) in [6.07, 6.45) is 6.72. The molecule has 2 aromatic rings. The summed E-state index contributed by atoms with van der Waals surface area (Å²) in [7, 11) is 0. The van der Waals surface area contributed by atoms with Crippen LogP contribution in [-0.2, 0) is 4.79 Å². The Labute approximate surface area is 188 Å². The average molecular weight is 441 g/mol. The fourth-order valence-corrected chi connectivity index (χ4v) is 4.56. The summed E-state index contributed by atoms with van der Waals surface area (Å²) in [4.78, 5) is 33.6. The molecule has 1 aromatic carbocycles. The first kappa shape index (κ1) is 22.1. The first-order valence-electron chi connectivity index (χ1n) is 11.5. The van der Waals surface area contributed by atoms with Crippen molar-refractivity contribution in [1.29, 1.82) is 0 Å². The van der Waals surface area contributed by atoms with Crippen LogP contribution in [-0.4, -0.2) is 63.7 Å². The van der Waals surface area contributed by atoms with Crippen molar-refractivity contribution >= 4 is 23.7 Å². The maximum atomic E-state index is 12.6. The van der Waals surface area contributed by atoms with Crippen molar-refractivity contribution in [2.45, 2.75) is 64.5 Å². The number of carbonyl (C=O) groups excluding carboxylic acids is 2. The first-order chi connectivity index (χ1) is 15.5. The number of ether oxygens (including phenoxy) is 1. The Bertz CT molecular complexity index is 912. The molecule has 9 nitrogen and oxygen atoms in total. The van der Waals surface area contributed by atoms with Gasteiger partial charge in [-0.3, -0.25) is 14.9 Å². The molecule has 2 N–H and O–H groups in total. The molecule has 2 atom stereocenters. The zero-order chi connectivity index (χ0) is 22.5. The number of hydrogen-bond donors (Lipinski definition) is 2. The van der Waals surface area contributed by atoms with E-state index in [0.29, 0.717) is 23.2 Å². The third kappa shape index (κ3) is 5.20. The molecular formula is C23H32N6O3. The van der Waals surface area contributed by atoms with Gasteiger partial charge in [-0.05, 0) is 76.6 Å². The molecule has 2 amide bonds. The lowest BCUT2D eigenvalue weighted by Crippen LogP contribution is -2.49. The van der Waals surface area contributed by atoms with Crippen LogP contribution in [0.2, 0.25) is 0 Å². The van der Waals surface area contributed by atoms with Crippen LogP contribution >= 0.6 is 0 Å². The molecule has 2 fully saturated rings. The Morgan fingerprint density at radius 3 is 2.44 bits per heavy atom. The highest BCUT2D eigenvalue weighted by Gasteiger charge is 2.29. The quantitative estimate of drug-likeness (QED) is 0.715. The maximum absolute atomic E-state index is 12.6. The van der Waals surface area contributed by atoms with E-state index in [0.717, 1.165) is 45.2 Å². The van der Waals surface area contributed by atoms with Crippen LogP contribution < -0.4 is 15.0 Å². The van der Waals surface area contributed by atoms with Gasteiger partial charge in [0.25, 0.3) is 11.8 Å². The second-order valence-electron chi connectivity index (χ2n) is 8.73. The number of H-pyrrole nitrogens is 1. The van der Waals surface area contributed by atoms with Crippen molar-refractivity contribution < 1.29 is 14.3 Å². The SMILES string of the molecule is CC1CCCC(C)N1C(=O)COc1ccc(C(=O)Nc2nc(N3CCCCC3)n[nH]2)cc1. The molecule has 0 bridgehead atoms. The molecule has 2 unspecified atom stereocenters. The van der Waals surface area contributed by atoms with E-state index in [2.05, 4.69) is 39.2 Å². The minimum absolute atomic E-state index is 0.00125. The fourth-order valence-electron chi connectivity index (χ4n) is 4.56. The van der Waals surface area contributed by atoms with Crippen molar-refractivity contribution in [2.24, 2.45) is 0 Å². The molecule has 0 spiro atoms. The van der Waals surface area contributed by atoms with Gasteiger partial charge in [0.05, 0.1) is 0 Å². The lowest BCUT2D eigenvalue weighted by molar-refractivity contribution is -0.139. The maximum Gasteiger partial charge on any atom is 0.260 e. The number of benzene rings is 1. The van der Waals surface area contributed by atoms with E-state index in [-0.39, 0.29) is 30.5 Å². The molecule has 172 valence electrons. The molecule has 2 saturated heterocycles. The molecule has 2 aliphatic heterocycles. The normalized spacial score (nSPS) is 21.3. The summed E-state index contributed by atoms with van der Waals surface area (Å²) >= 11 is 0. The third-order valence-electron chi connectivity index (χ3n) is 6.30. The standard InChI is InChI=1S/C23H32N6O3/c1-16-7-6-8-17(2)29(16)20(30)15-32-19-11-9-18(10-12-19)21(31)24-22-25-23(27-26-22)28-13-4-3-5-14-28/h9-12,16-17H,3-8,13-15H2,1-2H3,(H2,24,25,26,27,31). The minimum atomic E-state index is -0.287. The molecule has 3 heterocycles. The van der Waals surface area contributed by atoms with Crippen molar-refractivity contribution in [3.8, 4) is 5.75 Å². The van der Waals surface area contributed by atoms with Crippen molar-refractivity contribution in [2.75, 3.05) is 29.9 Å². The summed E-state index contributed by atoms with van der Waals surface area (Å²) in [6.45, 7) is 6.04. The fraction of sp³-hybridized carbons (Fsp3) is 0.565. The van der Waals surface area contributed by atoms with Gasteiger partial charge in [0, 0.05) is 30.7 Å². The van der Waals surface area contributed by atoms with Crippen LogP contribution in [0.5, 0.6) is 5.75 Å². The molecular weight excluding hydrogens is 408 g/mol. The summed E-state index contributed by atoms with van der Waals surface area (Å²) in [5, 5.41) is 9.74. The molecule has 2 aliphatic rings. The van der Waals surface area contributed by atoms with Crippen molar-refractivity contribution in [1.82, 2.24) is 20.1 Å². The summed E-state index contributed by atoms with van der Waals surface area (Å²) in [6, 6.07) is 7.22. The first-order valence-corrected chi connectivity index (χ1v) is 11.5. The highest BCUT2D eigenvalue weighted by atomic mass is 16.5. The topological polar surface area (TPSA) is 103 Å². The number of hydrogen-bond acceptors (Lipinski definition) is 6. The summed E-state index contributed by atoms with van der Waals surface area (Å²) in [5.41, 5.74) is 0.470. The lowest BCUT2D eigenvalue weighted by atomic mass is 9.97. The lowest BCUT2D eigenvalue weighted by Gasteiger charge is -2.38. The highest BCUT2D eigenvalue weighted by Crippen LogP contribution is 2.23. The number of nitrogens with zero attached hydrogens (tertiary/aromatic N) is 4. The van der Waals surface area contributed by atoms with Crippen molar-refractivity contribution in [3.05, 3.63) is 29.8 Å². The second kappa shape index (κ2) is 10.0. The zero-order valence-electron chi connectivity index (χ0n) is 18.8. The number of carbonyl (C=O) groups is 2. The molecule has 0 radical (unpaired) electrons. The highest BCUT2D eigenvalue weighted by molar-refractivity contribution is 6.03. The van der Waals surface area contributed by atoms with E-state index in [4.69, 9.17) is 4.74 Å². The number of aromatic nitrogens is 3. The molecule has 4 rings (SSSR count). The van der Waals surface area contributed by atoms with Gasteiger partial charge in [0.1, 0.15) is 5.75 Å². The second-order valence-corrected chi connectivity index (χ2v) is 8.73. The van der Waals surface area contributed by atoms with Gasteiger partial charge in [0.2, 0.25) is 11.9 Å². The van der Waals surface area contributed by atoms with Gasteiger partial charge in [-0.15, -0.1) is 5.10 Å². The molecule has 32 heavy (non-hydrogen) atoms. The summed E-state index contributed by atoms with van der Waals surface area (Å²) in [5.74, 6) is 1.21. The number of aromatic amines is 1. The number of amides is 2. The van der Waals surface area contributed by atoms with E-state index >= 15 is 0 Å². The number of likely N-dealkylation sites (tertiary alicyclic amines) is 1. The Balaban J connectivity index is 1.29. The Morgan fingerprint density at radius 1 is 1.06 bits per heavy atom. The Kier molecular flexibility index (Phi) is 6.92. The van der Waals surface area contributed by atoms with Gasteiger partial charge in [-0.25, -0.2) is 5.10 Å². The number of piperidine rings is 2. The molecule has 1 aromatic heterocycles. The predicted octanol–water partition coefficient (Wildman–Crippen LogP) is 3.22. The zero-order valence-corrected chi connectivity index (χ0v) is 18.8. The third-order valence-corrected chi connectivity index (χ3v) is 6.30. The predicted molar refractivity (Wildman–Crippen MR) is 122 cm³/mol. The Hall–Kier alpha value is -3.10. The van der Waals surface area contributed by atoms with E-state index in [9.17, 15) is 9.59 Å². The minimum Gasteiger partial charge on any atom is -0.484 e.